The van der Waals surface area contributed by atoms with Crippen LogP contribution >= 0.6 is 0 Å². The molecule has 6 heteroatoms. The minimum atomic E-state index is -0.455. The molecule has 0 saturated carbocycles. The average Bonchev–Trinajstić information content (AvgIpc) is 2.54. The van der Waals surface area contributed by atoms with E-state index in [2.05, 4.69) is 9.97 Å². The molecule has 0 radical (unpaired) electrons. The summed E-state index contributed by atoms with van der Waals surface area (Å²) in [5.74, 6) is 2.09. The summed E-state index contributed by atoms with van der Waals surface area (Å²) >= 11 is 0. The van der Waals surface area contributed by atoms with E-state index >= 15 is 0 Å². The molecule has 0 amide bonds. The summed E-state index contributed by atoms with van der Waals surface area (Å²) < 4.78 is 0. The van der Waals surface area contributed by atoms with Gasteiger partial charge in [-0.05, 0) is 13.8 Å². The molecule has 1 aromatic carbocycles. The summed E-state index contributed by atoms with van der Waals surface area (Å²) in [5.41, 5.74) is 0.927. The molecule has 0 unspecified atom stereocenters. The zero-order chi connectivity index (χ0) is 17.7. The molecule has 2 rings (SSSR count). The Labute approximate surface area is 143 Å². The van der Waals surface area contributed by atoms with Gasteiger partial charge in [0.2, 0.25) is 0 Å². The molecule has 1 aromatic heterocycles. The Morgan fingerprint density at radius 2 is 1.33 bits per heavy atom. The second-order valence-corrected chi connectivity index (χ2v) is 6.23. The van der Waals surface area contributed by atoms with E-state index in [1.165, 1.54) is 0 Å². The highest BCUT2D eigenvalue weighted by atomic mass is 16.3. The molecule has 24 heavy (non-hydrogen) atoms. The van der Waals surface area contributed by atoms with Gasteiger partial charge in [0.1, 0.15) is 11.6 Å². The average molecular weight is 330 g/mol. The van der Waals surface area contributed by atoms with Gasteiger partial charge < -0.3 is 20.0 Å². The minimum absolute atomic E-state index is 0.455. The number of anilines is 2. The normalized spacial score (nSPS) is 13.4. The van der Waals surface area contributed by atoms with Crippen LogP contribution in [0, 0.1) is 0 Å². The largest absolute Gasteiger partial charge is 0.392 e. The van der Waals surface area contributed by atoms with Crippen LogP contribution < -0.4 is 9.80 Å². The summed E-state index contributed by atoms with van der Waals surface area (Å²) in [6, 6.07) is 11.6. The fourth-order valence-corrected chi connectivity index (χ4v) is 2.51. The Morgan fingerprint density at radius 1 is 0.875 bits per heavy atom. The van der Waals surface area contributed by atoms with Crippen molar-refractivity contribution in [3.63, 3.8) is 0 Å². The molecule has 1 heterocycles. The number of aliphatic hydroxyl groups excluding tert-OH is 2. The molecule has 2 aromatic rings. The number of benzene rings is 1. The van der Waals surface area contributed by atoms with Crippen LogP contribution in [0.15, 0.2) is 36.4 Å². The van der Waals surface area contributed by atoms with Gasteiger partial charge in [0.25, 0.3) is 0 Å². The molecule has 0 aliphatic rings. The van der Waals surface area contributed by atoms with Crippen molar-refractivity contribution in [3.8, 4) is 11.4 Å². The van der Waals surface area contributed by atoms with Gasteiger partial charge in [-0.3, -0.25) is 0 Å². The number of rotatable bonds is 7. The summed E-state index contributed by atoms with van der Waals surface area (Å²) in [6.07, 6.45) is -0.910. The smallest absolute Gasteiger partial charge is 0.163 e. The van der Waals surface area contributed by atoms with Crippen molar-refractivity contribution in [1.82, 2.24) is 9.97 Å². The minimum Gasteiger partial charge on any atom is -0.392 e. The number of nitrogens with zero attached hydrogens (tertiary/aromatic N) is 4. The third-order valence-corrected chi connectivity index (χ3v) is 3.59. The van der Waals surface area contributed by atoms with Crippen molar-refractivity contribution in [1.29, 1.82) is 0 Å². The highest BCUT2D eigenvalue weighted by Gasteiger charge is 2.14. The third-order valence-electron chi connectivity index (χ3n) is 3.59. The molecule has 2 N–H and O–H groups in total. The van der Waals surface area contributed by atoms with Crippen LogP contribution in [0.5, 0.6) is 0 Å². The number of hydrogen-bond donors (Lipinski definition) is 2. The van der Waals surface area contributed by atoms with E-state index in [0.717, 1.165) is 17.2 Å². The van der Waals surface area contributed by atoms with Crippen LogP contribution in [-0.4, -0.2) is 59.6 Å². The Hall–Kier alpha value is -2.18. The predicted octanol–water partition coefficient (Wildman–Crippen LogP) is 1.78. The lowest BCUT2D eigenvalue weighted by atomic mass is 10.2. The molecule has 6 nitrogen and oxygen atoms in total. The first kappa shape index (κ1) is 18.2. The second kappa shape index (κ2) is 8.08. The molecule has 0 spiro atoms. The van der Waals surface area contributed by atoms with Gasteiger partial charge in [0.05, 0.1) is 12.2 Å². The van der Waals surface area contributed by atoms with E-state index < -0.39 is 12.2 Å². The van der Waals surface area contributed by atoms with E-state index in [0.29, 0.717) is 18.9 Å². The Bertz CT molecular complexity index is 612. The monoisotopic (exact) mass is 330 g/mol. The summed E-state index contributed by atoms with van der Waals surface area (Å²) in [5, 5.41) is 19.3. The fraction of sp³-hybridized carbons (Fsp3) is 0.444. The SMILES string of the molecule is C[C@H](O)CN(C)c1cc(N(C)C[C@H](C)O)nc(-c2ccccc2)n1. The van der Waals surface area contributed by atoms with Crippen LogP contribution in [0.3, 0.4) is 0 Å². The zero-order valence-corrected chi connectivity index (χ0v) is 14.7. The molecule has 0 aliphatic heterocycles. The van der Waals surface area contributed by atoms with Crippen molar-refractivity contribution in [2.24, 2.45) is 0 Å². The van der Waals surface area contributed by atoms with E-state index in [4.69, 9.17) is 0 Å². The highest BCUT2D eigenvalue weighted by Crippen LogP contribution is 2.23. The van der Waals surface area contributed by atoms with Crippen LogP contribution in [0.1, 0.15) is 13.8 Å². The lowest BCUT2D eigenvalue weighted by Gasteiger charge is -2.24. The highest BCUT2D eigenvalue weighted by molar-refractivity contribution is 5.62. The zero-order valence-electron chi connectivity index (χ0n) is 14.7. The molecule has 0 saturated heterocycles. The van der Waals surface area contributed by atoms with Crippen molar-refractivity contribution in [2.75, 3.05) is 37.0 Å². The summed E-state index contributed by atoms with van der Waals surface area (Å²) in [6.45, 7) is 4.45. The lowest BCUT2D eigenvalue weighted by molar-refractivity contribution is 0.201. The van der Waals surface area contributed by atoms with Crippen molar-refractivity contribution in [3.05, 3.63) is 36.4 Å². The standard InChI is InChI=1S/C18H26N4O2/c1-13(23)11-21(3)16-10-17(22(4)12-14(2)24)20-18(19-16)15-8-6-5-7-9-15/h5-10,13-14,23-24H,11-12H2,1-4H3/t13-,14-/m0/s1. The van der Waals surface area contributed by atoms with Crippen LogP contribution in [-0.2, 0) is 0 Å². The molecule has 130 valence electrons. The Morgan fingerprint density at radius 3 is 1.75 bits per heavy atom. The third kappa shape index (κ3) is 4.91. The first-order valence-corrected chi connectivity index (χ1v) is 8.09. The van der Waals surface area contributed by atoms with E-state index in [1.807, 2.05) is 60.3 Å². The quantitative estimate of drug-likeness (QED) is 0.806. The van der Waals surface area contributed by atoms with Gasteiger partial charge in [-0.25, -0.2) is 9.97 Å². The first-order chi connectivity index (χ1) is 11.4. The Kier molecular flexibility index (Phi) is 6.11. The van der Waals surface area contributed by atoms with Crippen LogP contribution in [0.4, 0.5) is 11.6 Å². The number of hydrogen-bond acceptors (Lipinski definition) is 6. The molecular weight excluding hydrogens is 304 g/mol. The number of aromatic nitrogens is 2. The maximum atomic E-state index is 9.64. The van der Waals surface area contributed by atoms with Gasteiger partial charge in [-0.2, -0.15) is 0 Å². The maximum absolute atomic E-state index is 9.64. The second-order valence-electron chi connectivity index (χ2n) is 6.23. The molecular formula is C18H26N4O2. The van der Waals surface area contributed by atoms with Gasteiger partial charge in [0.15, 0.2) is 5.82 Å². The Balaban J connectivity index is 2.43. The molecule has 0 fully saturated rings. The van der Waals surface area contributed by atoms with Gasteiger partial charge >= 0.3 is 0 Å². The van der Waals surface area contributed by atoms with Gasteiger partial charge in [-0.1, -0.05) is 30.3 Å². The number of likely N-dealkylation sites (N-methyl/N-ethyl adjacent to an activating group) is 2. The summed E-state index contributed by atoms with van der Waals surface area (Å²) in [4.78, 5) is 13.1. The summed E-state index contributed by atoms with van der Waals surface area (Å²) in [7, 11) is 3.78. The molecule has 2 atom stereocenters. The maximum Gasteiger partial charge on any atom is 0.163 e. The predicted molar refractivity (Wildman–Crippen MR) is 97.4 cm³/mol. The van der Waals surface area contributed by atoms with Crippen molar-refractivity contribution < 1.29 is 10.2 Å². The van der Waals surface area contributed by atoms with E-state index in [-0.39, 0.29) is 0 Å². The first-order valence-electron chi connectivity index (χ1n) is 8.09. The molecule has 0 aliphatic carbocycles. The number of aliphatic hydroxyl groups is 2. The van der Waals surface area contributed by atoms with Gasteiger partial charge in [0, 0.05) is 38.8 Å². The van der Waals surface area contributed by atoms with E-state index in [1.54, 1.807) is 13.8 Å². The van der Waals surface area contributed by atoms with Crippen LogP contribution in [0.2, 0.25) is 0 Å². The van der Waals surface area contributed by atoms with Crippen molar-refractivity contribution >= 4 is 11.6 Å². The fourth-order valence-electron chi connectivity index (χ4n) is 2.51. The van der Waals surface area contributed by atoms with Crippen molar-refractivity contribution in [2.45, 2.75) is 26.1 Å². The topological polar surface area (TPSA) is 72.7 Å². The molecule has 0 bridgehead atoms. The van der Waals surface area contributed by atoms with Gasteiger partial charge in [-0.15, -0.1) is 0 Å². The lowest BCUT2D eigenvalue weighted by Crippen LogP contribution is -2.30. The van der Waals surface area contributed by atoms with E-state index in [9.17, 15) is 10.2 Å². The van der Waals surface area contributed by atoms with Crippen LogP contribution in [0.25, 0.3) is 11.4 Å².